The van der Waals surface area contributed by atoms with Gasteiger partial charge >= 0.3 is 5.97 Å². The normalized spacial score (nSPS) is 10.6. The molecule has 3 aromatic carbocycles. The molecule has 26 heavy (non-hydrogen) atoms. The van der Waals surface area contributed by atoms with Gasteiger partial charge < -0.3 is 10.4 Å². The van der Waals surface area contributed by atoms with E-state index in [1.54, 1.807) is 24.4 Å². The van der Waals surface area contributed by atoms with Gasteiger partial charge in [-0.25, -0.2) is 14.8 Å². The molecule has 0 fully saturated rings. The van der Waals surface area contributed by atoms with E-state index in [9.17, 15) is 9.90 Å². The van der Waals surface area contributed by atoms with Crippen LogP contribution in [0.4, 0.5) is 11.6 Å². The SMILES string of the molecule is O=C(O)c1ccccc1Nc1nccc(-c2ccc3ccccc3c2)n1. The van der Waals surface area contributed by atoms with Crippen molar-refractivity contribution in [2.45, 2.75) is 0 Å². The summed E-state index contributed by atoms with van der Waals surface area (Å²) in [5.74, 6) is -0.650. The maximum Gasteiger partial charge on any atom is 0.337 e. The first kappa shape index (κ1) is 15.8. The van der Waals surface area contributed by atoms with Crippen molar-refractivity contribution in [1.29, 1.82) is 0 Å². The average molecular weight is 341 g/mol. The number of benzene rings is 3. The average Bonchev–Trinajstić information content (AvgIpc) is 2.68. The number of carbonyl (C=O) groups is 1. The molecule has 1 heterocycles. The van der Waals surface area contributed by atoms with Gasteiger partial charge in [-0.2, -0.15) is 0 Å². The summed E-state index contributed by atoms with van der Waals surface area (Å²) in [6.07, 6.45) is 1.66. The van der Waals surface area contributed by atoms with Gasteiger partial charge in [0.2, 0.25) is 5.95 Å². The van der Waals surface area contributed by atoms with Gasteiger partial charge in [-0.1, -0.05) is 48.5 Å². The number of fused-ring (bicyclic) bond motifs is 1. The number of nitrogens with zero attached hydrogens (tertiary/aromatic N) is 2. The fourth-order valence-corrected chi connectivity index (χ4v) is 2.83. The Hall–Kier alpha value is -3.73. The molecule has 0 amide bonds. The van der Waals surface area contributed by atoms with Crippen LogP contribution in [0.25, 0.3) is 22.0 Å². The van der Waals surface area contributed by atoms with E-state index < -0.39 is 5.97 Å². The zero-order valence-corrected chi connectivity index (χ0v) is 13.8. The van der Waals surface area contributed by atoms with E-state index >= 15 is 0 Å². The Morgan fingerprint density at radius 3 is 2.50 bits per heavy atom. The third kappa shape index (κ3) is 3.10. The lowest BCUT2D eigenvalue weighted by molar-refractivity contribution is 0.0698. The Morgan fingerprint density at radius 2 is 1.65 bits per heavy atom. The second-order valence-corrected chi connectivity index (χ2v) is 5.80. The van der Waals surface area contributed by atoms with Gasteiger partial charge in [-0.3, -0.25) is 0 Å². The molecule has 0 aliphatic carbocycles. The minimum Gasteiger partial charge on any atom is -0.478 e. The van der Waals surface area contributed by atoms with Crippen LogP contribution in [0.2, 0.25) is 0 Å². The zero-order chi connectivity index (χ0) is 17.9. The second kappa shape index (κ2) is 6.64. The molecule has 2 N–H and O–H groups in total. The molecule has 5 heteroatoms. The number of aromatic nitrogens is 2. The highest BCUT2D eigenvalue weighted by Crippen LogP contribution is 2.25. The molecule has 0 spiro atoms. The van der Waals surface area contributed by atoms with Crippen LogP contribution >= 0.6 is 0 Å². The quantitative estimate of drug-likeness (QED) is 0.561. The number of nitrogens with one attached hydrogen (secondary N) is 1. The van der Waals surface area contributed by atoms with E-state index in [0.29, 0.717) is 11.6 Å². The minimum absolute atomic E-state index is 0.173. The number of para-hydroxylation sites is 1. The summed E-state index contributed by atoms with van der Waals surface area (Å²) >= 11 is 0. The van der Waals surface area contributed by atoms with Crippen molar-refractivity contribution in [3.05, 3.63) is 84.6 Å². The lowest BCUT2D eigenvalue weighted by atomic mass is 10.1. The monoisotopic (exact) mass is 341 g/mol. The molecule has 0 aliphatic rings. The first-order valence-corrected chi connectivity index (χ1v) is 8.12. The van der Waals surface area contributed by atoms with Crippen molar-refractivity contribution in [2.24, 2.45) is 0 Å². The van der Waals surface area contributed by atoms with Crippen LogP contribution in [0.5, 0.6) is 0 Å². The number of anilines is 2. The van der Waals surface area contributed by atoms with Crippen LogP contribution in [0.15, 0.2) is 79.0 Å². The summed E-state index contributed by atoms with van der Waals surface area (Å²) in [7, 11) is 0. The molecule has 126 valence electrons. The van der Waals surface area contributed by atoms with Gasteiger partial charge in [0.25, 0.3) is 0 Å². The van der Waals surface area contributed by atoms with E-state index in [1.807, 2.05) is 24.3 Å². The van der Waals surface area contributed by atoms with E-state index in [-0.39, 0.29) is 5.56 Å². The first-order valence-electron chi connectivity index (χ1n) is 8.12. The minimum atomic E-state index is -1.00. The molecule has 0 saturated heterocycles. The van der Waals surface area contributed by atoms with Crippen LogP contribution in [-0.2, 0) is 0 Å². The Bertz CT molecular complexity index is 1110. The van der Waals surface area contributed by atoms with Crippen molar-refractivity contribution in [3.63, 3.8) is 0 Å². The molecular formula is C21H15N3O2. The molecule has 5 nitrogen and oxygen atoms in total. The summed E-state index contributed by atoms with van der Waals surface area (Å²) in [5.41, 5.74) is 2.37. The first-order chi connectivity index (χ1) is 12.7. The highest BCUT2D eigenvalue weighted by atomic mass is 16.4. The molecule has 0 radical (unpaired) electrons. The zero-order valence-electron chi connectivity index (χ0n) is 13.8. The van der Waals surface area contributed by atoms with Crippen molar-refractivity contribution < 1.29 is 9.90 Å². The molecule has 0 saturated carbocycles. The largest absolute Gasteiger partial charge is 0.478 e. The van der Waals surface area contributed by atoms with Crippen LogP contribution in [-0.4, -0.2) is 21.0 Å². The third-order valence-corrected chi connectivity index (χ3v) is 4.10. The smallest absolute Gasteiger partial charge is 0.337 e. The number of carboxylic acid groups (broad SMARTS) is 1. The van der Waals surface area contributed by atoms with Crippen LogP contribution in [0, 0.1) is 0 Å². The fourth-order valence-electron chi connectivity index (χ4n) is 2.83. The third-order valence-electron chi connectivity index (χ3n) is 4.10. The van der Waals surface area contributed by atoms with Gasteiger partial charge in [-0.05, 0) is 35.0 Å². The summed E-state index contributed by atoms with van der Waals surface area (Å²) in [6.45, 7) is 0. The van der Waals surface area contributed by atoms with Crippen molar-refractivity contribution in [1.82, 2.24) is 9.97 Å². The number of rotatable bonds is 4. The van der Waals surface area contributed by atoms with E-state index in [2.05, 4.69) is 39.6 Å². The van der Waals surface area contributed by atoms with Crippen molar-refractivity contribution in [2.75, 3.05) is 5.32 Å². The van der Waals surface area contributed by atoms with Crippen molar-refractivity contribution >= 4 is 28.4 Å². The summed E-state index contributed by atoms with van der Waals surface area (Å²) in [5, 5.41) is 14.6. The maximum absolute atomic E-state index is 11.3. The Labute approximate surface area is 150 Å². The number of hydrogen-bond donors (Lipinski definition) is 2. The van der Waals surface area contributed by atoms with Gasteiger partial charge in [0.15, 0.2) is 0 Å². The van der Waals surface area contributed by atoms with Gasteiger partial charge in [0, 0.05) is 11.8 Å². The number of carboxylic acids is 1. The Morgan fingerprint density at radius 1 is 0.885 bits per heavy atom. The van der Waals surface area contributed by atoms with Gasteiger partial charge in [0.05, 0.1) is 16.9 Å². The lowest BCUT2D eigenvalue weighted by Crippen LogP contribution is -2.04. The topological polar surface area (TPSA) is 75.1 Å². The van der Waals surface area contributed by atoms with Gasteiger partial charge in [-0.15, -0.1) is 0 Å². The maximum atomic E-state index is 11.3. The van der Waals surface area contributed by atoms with E-state index in [4.69, 9.17) is 0 Å². The van der Waals surface area contributed by atoms with Crippen LogP contribution in [0.1, 0.15) is 10.4 Å². The molecule has 0 bridgehead atoms. The van der Waals surface area contributed by atoms with E-state index in [0.717, 1.165) is 16.6 Å². The Balaban J connectivity index is 1.69. The van der Waals surface area contributed by atoms with Crippen LogP contribution < -0.4 is 5.32 Å². The highest BCUT2D eigenvalue weighted by molar-refractivity contribution is 5.95. The Kier molecular flexibility index (Phi) is 4.03. The molecule has 4 aromatic rings. The standard InChI is InChI=1S/C21H15N3O2/c25-20(26)17-7-3-4-8-19(17)24-21-22-12-11-18(23-21)16-10-9-14-5-1-2-6-15(14)13-16/h1-13H,(H,25,26)(H,22,23,24). The van der Waals surface area contributed by atoms with Crippen molar-refractivity contribution in [3.8, 4) is 11.3 Å². The molecule has 0 unspecified atom stereocenters. The predicted molar refractivity (Wildman–Crippen MR) is 102 cm³/mol. The summed E-state index contributed by atoms with van der Waals surface area (Å²) < 4.78 is 0. The second-order valence-electron chi connectivity index (χ2n) is 5.80. The van der Waals surface area contributed by atoms with Crippen LogP contribution in [0.3, 0.4) is 0 Å². The lowest BCUT2D eigenvalue weighted by Gasteiger charge is -2.09. The van der Waals surface area contributed by atoms with E-state index in [1.165, 1.54) is 11.5 Å². The molecule has 0 aliphatic heterocycles. The number of aromatic carboxylic acids is 1. The fraction of sp³-hybridized carbons (Fsp3) is 0. The highest BCUT2D eigenvalue weighted by Gasteiger charge is 2.10. The molecule has 1 aromatic heterocycles. The van der Waals surface area contributed by atoms with Gasteiger partial charge in [0.1, 0.15) is 0 Å². The predicted octanol–water partition coefficient (Wildman–Crippen LogP) is 4.74. The summed E-state index contributed by atoms with van der Waals surface area (Å²) in [6, 6.07) is 22.8. The molecule has 0 atom stereocenters. The number of hydrogen-bond acceptors (Lipinski definition) is 4. The molecular weight excluding hydrogens is 326 g/mol. The molecule has 4 rings (SSSR count). The summed E-state index contributed by atoms with van der Waals surface area (Å²) in [4.78, 5) is 20.1.